The smallest absolute Gasteiger partial charge is 0.229 e. The molecule has 2 aliphatic heterocycles. The molecule has 0 N–H and O–H groups in total. The molecule has 0 aromatic heterocycles. The maximum Gasteiger partial charge on any atom is 0.229 e. The molecule has 7 heteroatoms. The van der Waals surface area contributed by atoms with E-state index >= 15 is 0 Å². The number of nitriles is 1. The molecule has 0 spiro atoms. The number of ether oxygens (including phenoxy) is 2. The fourth-order valence-electron chi connectivity index (χ4n) is 4.04. The number of carbonyl (C=O) groups excluding carboxylic acids is 1. The third kappa shape index (κ3) is 3.96. The van der Waals surface area contributed by atoms with E-state index in [1.54, 1.807) is 25.2 Å². The van der Waals surface area contributed by atoms with Gasteiger partial charge in [0.05, 0.1) is 43.4 Å². The number of thioether (sulfide) groups is 1. The van der Waals surface area contributed by atoms with Crippen molar-refractivity contribution in [2.75, 3.05) is 31.7 Å². The molecule has 0 bridgehead atoms. The van der Waals surface area contributed by atoms with Crippen molar-refractivity contribution in [3.63, 3.8) is 0 Å². The Kier molecular flexibility index (Phi) is 6.10. The van der Waals surface area contributed by atoms with E-state index in [0.29, 0.717) is 29.6 Å². The Labute approximate surface area is 187 Å². The lowest BCUT2D eigenvalue weighted by Crippen LogP contribution is -2.47. The second kappa shape index (κ2) is 8.94. The van der Waals surface area contributed by atoms with E-state index in [1.807, 2.05) is 12.1 Å². The maximum atomic E-state index is 13.2. The molecule has 2 aliphatic rings. The molecule has 1 amide bonds. The Bertz CT molecular complexity index is 1060. The maximum absolute atomic E-state index is 13.2. The highest BCUT2D eigenvalue weighted by Crippen LogP contribution is 2.45. The fourth-order valence-corrected chi connectivity index (χ4v) is 5.21. The first-order chi connectivity index (χ1) is 15.1. The number of methoxy groups -OCH3 is 2. The summed E-state index contributed by atoms with van der Waals surface area (Å²) in [7, 11) is 3.19. The highest BCUT2D eigenvalue weighted by atomic mass is 32.2. The van der Waals surface area contributed by atoms with Crippen LogP contribution in [0, 0.1) is 11.3 Å². The van der Waals surface area contributed by atoms with Crippen LogP contribution in [0.5, 0.6) is 11.5 Å². The lowest BCUT2D eigenvalue weighted by atomic mass is 9.86. The monoisotopic (exact) mass is 435 g/mol. The molecule has 0 radical (unpaired) electrons. The molecule has 4 rings (SSSR count). The van der Waals surface area contributed by atoms with Crippen LogP contribution < -0.4 is 14.4 Å². The summed E-state index contributed by atoms with van der Waals surface area (Å²) in [6.07, 6.45) is 1.23. The van der Waals surface area contributed by atoms with Crippen LogP contribution in [0.1, 0.15) is 30.4 Å². The number of hydrogen-bond acceptors (Lipinski definition) is 6. The van der Waals surface area contributed by atoms with E-state index in [0.717, 1.165) is 22.7 Å². The van der Waals surface area contributed by atoms with Gasteiger partial charge >= 0.3 is 0 Å². The van der Waals surface area contributed by atoms with Crippen LogP contribution in [0.15, 0.2) is 53.1 Å². The lowest BCUT2D eigenvalue weighted by Gasteiger charge is -2.42. The summed E-state index contributed by atoms with van der Waals surface area (Å²) < 4.78 is 10.8. The average Bonchev–Trinajstić information content (AvgIpc) is 2.83. The highest BCUT2D eigenvalue weighted by Gasteiger charge is 2.39. The molecule has 0 aliphatic carbocycles. The summed E-state index contributed by atoms with van der Waals surface area (Å²) in [5, 5.41) is 10.8. The van der Waals surface area contributed by atoms with Crippen LogP contribution in [0.3, 0.4) is 0 Å². The normalized spacial score (nSPS) is 18.5. The molecular formula is C24H25N3O3S. The predicted molar refractivity (Wildman–Crippen MR) is 122 cm³/mol. The van der Waals surface area contributed by atoms with Crippen LogP contribution in [0.25, 0.3) is 0 Å². The van der Waals surface area contributed by atoms with Crippen LogP contribution in [-0.2, 0) is 11.2 Å². The van der Waals surface area contributed by atoms with Crippen molar-refractivity contribution in [2.24, 2.45) is 0 Å². The number of nitrogens with zero attached hydrogens (tertiary/aromatic N) is 3. The molecule has 31 heavy (non-hydrogen) atoms. The number of rotatable bonds is 5. The Hall–Kier alpha value is -3.11. The zero-order valence-electron chi connectivity index (χ0n) is 17.9. The first-order valence-electron chi connectivity index (χ1n) is 10.2. The van der Waals surface area contributed by atoms with Gasteiger partial charge in [-0.25, -0.2) is 0 Å². The first-order valence-corrected chi connectivity index (χ1v) is 11.2. The summed E-state index contributed by atoms with van der Waals surface area (Å²) in [5.74, 6) is 1.67. The van der Waals surface area contributed by atoms with Gasteiger partial charge in [0.2, 0.25) is 5.91 Å². The minimum atomic E-state index is -0.326. The fraction of sp³-hybridized carbons (Fsp3) is 0.333. The number of amides is 1. The van der Waals surface area contributed by atoms with Gasteiger partial charge in [0.25, 0.3) is 0 Å². The van der Waals surface area contributed by atoms with Crippen molar-refractivity contribution in [1.82, 2.24) is 4.90 Å². The Morgan fingerprint density at radius 3 is 2.58 bits per heavy atom. The Morgan fingerprint density at radius 1 is 1.16 bits per heavy atom. The summed E-state index contributed by atoms with van der Waals surface area (Å²) >= 11 is 1.54. The van der Waals surface area contributed by atoms with Crippen LogP contribution in [0.4, 0.5) is 5.69 Å². The molecule has 0 saturated carbocycles. The van der Waals surface area contributed by atoms with Crippen molar-refractivity contribution in [3.05, 3.63) is 64.2 Å². The van der Waals surface area contributed by atoms with Gasteiger partial charge in [-0.05, 0) is 30.2 Å². The molecule has 1 fully saturated rings. The van der Waals surface area contributed by atoms with Crippen molar-refractivity contribution < 1.29 is 14.3 Å². The van der Waals surface area contributed by atoms with Gasteiger partial charge in [0, 0.05) is 29.7 Å². The van der Waals surface area contributed by atoms with E-state index in [-0.39, 0.29) is 18.2 Å². The minimum Gasteiger partial charge on any atom is -0.497 e. The van der Waals surface area contributed by atoms with E-state index in [9.17, 15) is 10.1 Å². The van der Waals surface area contributed by atoms with Gasteiger partial charge in [0.1, 0.15) is 11.5 Å². The molecule has 1 saturated heterocycles. The van der Waals surface area contributed by atoms with E-state index in [1.165, 1.54) is 17.3 Å². The summed E-state index contributed by atoms with van der Waals surface area (Å²) in [5.41, 5.74) is 3.81. The summed E-state index contributed by atoms with van der Waals surface area (Å²) in [6.45, 7) is 2.58. The molecule has 2 aromatic rings. The Balaban J connectivity index is 1.66. The van der Waals surface area contributed by atoms with Crippen LogP contribution in [0.2, 0.25) is 0 Å². The van der Waals surface area contributed by atoms with Crippen molar-refractivity contribution >= 4 is 23.4 Å². The number of hydrogen-bond donors (Lipinski definition) is 0. The SMILES string of the molecule is CCc1ccc(N2CSC3=C(C#N)[C@H](c4ccc(OC)cc4OC)CC(=O)N3C2)cc1. The zero-order valence-corrected chi connectivity index (χ0v) is 18.7. The topological polar surface area (TPSA) is 65.8 Å². The quantitative estimate of drug-likeness (QED) is 0.690. The highest BCUT2D eigenvalue weighted by molar-refractivity contribution is 8.03. The molecule has 1 atom stereocenters. The second-order valence-corrected chi connectivity index (χ2v) is 8.43. The van der Waals surface area contributed by atoms with Crippen molar-refractivity contribution in [3.8, 4) is 17.6 Å². The molecule has 6 nitrogen and oxygen atoms in total. The number of allylic oxidation sites excluding steroid dienone is 1. The Morgan fingerprint density at radius 2 is 1.94 bits per heavy atom. The van der Waals surface area contributed by atoms with Crippen LogP contribution in [-0.4, -0.2) is 37.6 Å². The van der Waals surface area contributed by atoms with E-state index in [2.05, 4.69) is 42.2 Å². The van der Waals surface area contributed by atoms with Gasteiger partial charge in [-0.3, -0.25) is 9.69 Å². The van der Waals surface area contributed by atoms with Gasteiger partial charge in [0.15, 0.2) is 0 Å². The molecular weight excluding hydrogens is 410 g/mol. The van der Waals surface area contributed by atoms with Crippen molar-refractivity contribution in [1.29, 1.82) is 5.26 Å². The third-order valence-corrected chi connectivity index (χ3v) is 6.97. The minimum absolute atomic E-state index is 0.0132. The van der Waals surface area contributed by atoms with Crippen molar-refractivity contribution in [2.45, 2.75) is 25.7 Å². The van der Waals surface area contributed by atoms with E-state index in [4.69, 9.17) is 9.47 Å². The van der Waals surface area contributed by atoms with Crippen LogP contribution >= 0.6 is 11.8 Å². The molecule has 0 unspecified atom stereocenters. The third-order valence-electron chi connectivity index (χ3n) is 5.82. The number of carbonyl (C=O) groups is 1. The molecule has 2 heterocycles. The lowest BCUT2D eigenvalue weighted by molar-refractivity contribution is -0.129. The zero-order chi connectivity index (χ0) is 22.0. The van der Waals surface area contributed by atoms with E-state index < -0.39 is 0 Å². The standard InChI is InChI=1S/C24H25N3O3S/c1-4-16-5-7-17(8-6-16)26-14-27-23(28)12-20(21(13-25)24(27)31-15-26)19-10-9-18(29-2)11-22(19)30-3/h5-11,20H,4,12,14-15H2,1-3H3/t20-/m0/s1. The van der Waals surface area contributed by atoms with Gasteiger partial charge in [-0.1, -0.05) is 36.9 Å². The largest absolute Gasteiger partial charge is 0.497 e. The first kappa shape index (κ1) is 21.1. The number of fused-ring (bicyclic) bond motifs is 1. The number of anilines is 1. The second-order valence-electron chi connectivity index (χ2n) is 7.49. The van der Waals surface area contributed by atoms with Gasteiger partial charge < -0.3 is 14.4 Å². The number of benzene rings is 2. The summed E-state index contributed by atoms with van der Waals surface area (Å²) in [6, 6.07) is 16.3. The molecule has 160 valence electrons. The number of aryl methyl sites for hydroxylation is 1. The average molecular weight is 436 g/mol. The molecule has 2 aromatic carbocycles. The predicted octanol–water partition coefficient (Wildman–Crippen LogP) is 4.49. The van der Waals surface area contributed by atoms with Gasteiger partial charge in [-0.2, -0.15) is 5.26 Å². The summed E-state index contributed by atoms with van der Waals surface area (Å²) in [4.78, 5) is 17.1. The van der Waals surface area contributed by atoms with Gasteiger partial charge in [-0.15, -0.1) is 0 Å².